The molecule has 0 aliphatic carbocycles. The van der Waals surface area contributed by atoms with Gasteiger partial charge >= 0.3 is 5.95 Å². The molecule has 0 saturated carbocycles. The molecule has 0 spiro atoms. The molecule has 1 aliphatic heterocycles. The van der Waals surface area contributed by atoms with Crippen molar-refractivity contribution in [2.45, 2.75) is 19.8 Å². The Kier molecular flexibility index (Phi) is 3.94. The van der Waals surface area contributed by atoms with E-state index in [1.807, 2.05) is 42.5 Å². The molecule has 0 amide bonds. The number of para-hydroxylation sites is 1. The third-order valence-electron chi connectivity index (χ3n) is 4.40. The summed E-state index contributed by atoms with van der Waals surface area (Å²) in [6.07, 6.45) is 5.07. The average molecular weight is 330 g/mol. The fraction of sp³-hybridized carbons (Fsp3) is 0.143. The van der Waals surface area contributed by atoms with Gasteiger partial charge in [0.25, 0.3) is 0 Å². The zero-order valence-electron chi connectivity index (χ0n) is 13.9. The highest BCUT2D eigenvalue weighted by atomic mass is 16.5. The Morgan fingerprint density at radius 1 is 1.04 bits per heavy atom. The number of oxazole rings is 1. The maximum Gasteiger partial charge on any atom is 0.310 e. The van der Waals surface area contributed by atoms with Gasteiger partial charge in [-0.05, 0) is 36.6 Å². The standard InChI is InChI=1S/C21H18N2O2/c1-14-6-2-3-7-15(14)10-11-20-23-19(21(24)25-20)12-16-13-22-18-9-5-4-8-17(16)18/h2-9,12-13,24H,10-11H2,1H3/b16-12+. The van der Waals surface area contributed by atoms with Crippen LogP contribution in [0.2, 0.25) is 0 Å². The van der Waals surface area contributed by atoms with Crippen molar-refractivity contribution in [3.8, 4) is 5.95 Å². The van der Waals surface area contributed by atoms with E-state index in [4.69, 9.17) is 4.42 Å². The van der Waals surface area contributed by atoms with Gasteiger partial charge in [-0.1, -0.05) is 42.5 Å². The molecule has 124 valence electrons. The Morgan fingerprint density at radius 2 is 1.84 bits per heavy atom. The molecule has 3 aromatic rings. The van der Waals surface area contributed by atoms with E-state index in [9.17, 15) is 5.11 Å². The van der Waals surface area contributed by atoms with Gasteiger partial charge in [-0.25, -0.2) is 4.98 Å². The molecule has 1 aromatic heterocycles. The Hall–Kier alpha value is -3.14. The summed E-state index contributed by atoms with van der Waals surface area (Å²) in [6, 6.07) is 16.1. The van der Waals surface area contributed by atoms with Crippen LogP contribution in [0.15, 0.2) is 57.9 Å². The normalized spacial score (nSPS) is 14.2. The summed E-state index contributed by atoms with van der Waals surface area (Å²) in [5.74, 6) is 0.390. The van der Waals surface area contributed by atoms with E-state index in [-0.39, 0.29) is 5.95 Å². The van der Waals surface area contributed by atoms with Crippen molar-refractivity contribution >= 4 is 23.6 Å². The van der Waals surface area contributed by atoms with Crippen molar-refractivity contribution < 1.29 is 9.52 Å². The lowest BCUT2D eigenvalue weighted by molar-refractivity contribution is 0.316. The predicted molar refractivity (Wildman–Crippen MR) is 99.2 cm³/mol. The summed E-state index contributed by atoms with van der Waals surface area (Å²) < 4.78 is 5.43. The lowest BCUT2D eigenvalue weighted by Gasteiger charge is -2.02. The number of rotatable bonds is 4. The van der Waals surface area contributed by atoms with Crippen molar-refractivity contribution in [3.63, 3.8) is 0 Å². The maximum absolute atomic E-state index is 10.1. The topological polar surface area (TPSA) is 58.6 Å². The molecule has 0 bridgehead atoms. The van der Waals surface area contributed by atoms with Gasteiger partial charge in [0.05, 0.1) is 5.69 Å². The van der Waals surface area contributed by atoms with Gasteiger partial charge in [-0.15, -0.1) is 0 Å². The van der Waals surface area contributed by atoms with Crippen LogP contribution in [0, 0.1) is 6.92 Å². The van der Waals surface area contributed by atoms with Crippen molar-refractivity contribution in [2.24, 2.45) is 4.99 Å². The second-order valence-electron chi connectivity index (χ2n) is 6.10. The number of aromatic nitrogens is 1. The number of allylic oxidation sites excluding steroid dienone is 1. The van der Waals surface area contributed by atoms with Crippen molar-refractivity contribution in [2.75, 3.05) is 0 Å². The first-order chi connectivity index (χ1) is 12.2. The number of fused-ring (bicyclic) bond motifs is 1. The van der Waals surface area contributed by atoms with Crippen LogP contribution >= 0.6 is 0 Å². The van der Waals surface area contributed by atoms with Crippen LogP contribution in [0.1, 0.15) is 28.3 Å². The lowest BCUT2D eigenvalue weighted by atomic mass is 10.0. The van der Waals surface area contributed by atoms with Crippen LogP contribution in [-0.2, 0) is 12.8 Å². The summed E-state index contributed by atoms with van der Waals surface area (Å²) >= 11 is 0. The first-order valence-electron chi connectivity index (χ1n) is 8.29. The molecule has 2 heterocycles. The first-order valence-corrected chi connectivity index (χ1v) is 8.29. The van der Waals surface area contributed by atoms with Gasteiger partial charge in [0, 0.05) is 23.8 Å². The molecular weight excluding hydrogens is 312 g/mol. The van der Waals surface area contributed by atoms with Crippen molar-refractivity contribution in [3.05, 3.63) is 76.8 Å². The van der Waals surface area contributed by atoms with Crippen molar-refractivity contribution in [1.29, 1.82) is 0 Å². The van der Waals surface area contributed by atoms with Crippen LogP contribution in [0.3, 0.4) is 0 Å². The molecule has 0 atom stereocenters. The zero-order chi connectivity index (χ0) is 17.2. The van der Waals surface area contributed by atoms with Crippen LogP contribution in [0.25, 0.3) is 11.6 Å². The number of hydrogen-bond donors (Lipinski definition) is 1. The van der Waals surface area contributed by atoms with Crippen LogP contribution in [0.4, 0.5) is 5.69 Å². The number of nitrogens with zero attached hydrogens (tertiary/aromatic N) is 2. The molecule has 25 heavy (non-hydrogen) atoms. The fourth-order valence-corrected chi connectivity index (χ4v) is 3.00. The lowest BCUT2D eigenvalue weighted by Crippen LogP contribution is -1.94. The summed E-state index contributed by atoms with van der Waals surface area (Å²) in [5.41, 5.74) is 5.84. The van der Waals surface area contributed by atoms with Crippen molar-refractivity contribution in [1.82, 2.24) is 4.98 Å². The van der Waals surface area contributed by atoms with Crippen LogP contribution in [0.5, 0.6) is 5.95 Å². The third-order valence-corrected chi connectivity index (χ3v) is 4.40. The molecule has 1 aliphatic rings. The van der Waals surface area contributed by atoms with Crippen LogP contribution < -0.4 is 0 Å². The molecule has 0 saturated heterocycles. The quantitative estimate of drug-likeness (QED) is 0.752. The van der Waals surface area contributed by atoms with E-state index < -0.39 is 0 Å². The zero-order valence-corrected chi connectivity index (χ0v) is 13.9. The second-order valence-corrected chi connectivity index (χ2v) is 6.10. The highest BCUT2D eigenvalue weighted by Crippen LogP contribution is 2.33. The Bertz CT molecular complexity index is 983. The molecule has 4 rings (SSSR count). The first kappa shape index (κ1) is 15.4. The van der Waals surface area contributed by atoms with Gasteiger partial charge in [-0.3, -0.25) is 4.99 Å². The van der Waals surface area contributed by atoms with E-state index in [1.54, 1.807) is 6.21 Å². The van der Waals surface area contributed by atoms with Gasteiger partial charge in [0.15, 0.2) is 5.89 Å². The fourth-order valence-electron chi connectivity index (χ4n) is 3.00. The number of aliphatic imine (C=N–C) groups is 1. The molecule has 0 fully saturated rings. The molecule has 1 N–H and O–H groups in total. The molecule has 0 unspecified atom stereocenters. The highest BCUT2D eigenvalue weighted by molar-refractivity contribution is 6.21. The Morgan fingerprint density at radius 3 is 2.72 bits per heavy atom. The van der Waals surface area contributed by atoms with Gasteiger partial charge in [-0.2, -0.15) is 0 Å². The summed E-state index contributed by atoms with van der Waals surface area (Å²) in [6.45, 7) is 2.09. The molecule has 0 radical (unpaired) electrons. The van der Waals surface area contributed by atoms with E-state index in [2.05, 4.69) is 29.0 Å². The maximum atomic E-state index is 10.1. The number of aryl methyl sites for hydroxylation is 3. The minimum atomic E-state index is -0.148. The predicted octanol–water partition coefficient (Wildman–Crippen LogP) is 4.73. The van der Waals surface area contributed by atoms with Gasteiger partial charge in [0.1, 0.15) is 5.69 Å². The average Bonchev–Trinajstić information content (AvgIpc) is 3.19. The summed E-state index contributed by atoms with van der Waals surface area (Å²) in [5, 5.41) is 10.1. The molecule has 4 heteroatoms. The third kappa shape index (κ3) is 3.11. The number of aromatic hydroxyl groups is 1. The largest absolute Gasteiger partial charge is 0.479 e. The smallest absolute Gasteiger partial charge is 0.310 e. The van der Waals surface area contributed by atoms with Gasteiger partial charge < -0.3 is 9.52 Å². The Balaban J connectivity index is 1.55. The van der Waals surface area contributed by atoms with E-state index in [0.717, 1.165) is 23.2 Å². The summed E-state index contributed by atoms with van der Waals surface area (Å²) in [4.78, 5) is 8.80. The van der Waals surface area contributed by atoms with Gasteiger partial charge in [0.2, 0.25) is 0 Å². The molecule has 2 aromatic carbocycles. The molecule has 4 nitrogen and oxygen atoms in total. The second kappa shape index (κ2) is 6.40. The minimum absolute atomic E-state index is 0.148. The number of benzene rings is 2. The minimum Gasteiger partial charge on any atom is -0.479 e. The number of hydrogen-bond acceptors (Lipinski definition) is 4. The Labute approximate surface area is 146 Å². The van der Waals surface area contributed by atoms with E-state index in [1.165, 1.54) is 11.1 Å². The SMILES string of the molecule is Cc1ccccc1CCc1nc(/C=C2\C=Nc3ccccc32)c(O)o1. The van der Waals surface area contributed by atoms with Crippen LogP contribution in [-0.4, -0.2) is 16.3 Å². The summed E-state index contributed by atoms with van der Waals surface area (Å²) in [7, 11) is 0. The highest BCUT2D eigenvalue weighted by Gasteiger charge is 2.15. The van der Waals surface area contributed by atoms with E-state index >= 15 is 0 Å². The monoisotopic (exact) mass is 330 g/mol. The molecular formula is C21H18N2O2. The van der Waals surface area contributed by atoms with E-state index in [0.29, 0.717) is 18.0 Å².